The van der Waals surface area contributed by atoms with Crippen LogP contribution in [0, 0.1) is 10.1 Å². The van der Waals surface area contributed by atoms with Crippen LogP contribution in [0.5, 0.6) is 0 Å². The van der Waals surface area contributed by atoms with Gasteiger partial charge in [0, 0.05) is 57.2 Å². The maximum atomic E-state index is 13.0. The Morgan fingerprint density at radius 3 is 2.54 bits per heavy atom. The summed E-state index contributed by atoms with van der Waals surface area (Å²) in [6.45, 7) is 4.04. The van der Waals surface area contributed by atoms with Crippen LogP contribution in [-0.4, -0.2) is 68.2 Å². The molecule has 2 heterocycles. The maximum Gasteiger partial charge on any atom is 0.270 e. The van der Waals surface area contributed by atoms with E-state index in [-0.39, 0.29) is 17.1 Å². The van der Waals surface area contributed by atoms with Crippen LogP contribution >= 0.6 is 0 Å². The summed E-state index contributed by atoms with van der Waals surface area (Å²) in [6.07, 6.45) is 5.42. The molecule has 154 valence electrons. The topological polar surface area (TPSA) is 87.9 Å². The lowest BCUT2D eigenvalue weighted by molar-refractivity contribution is -0.384. The SMILES string of the molecule is CN(C)c1ccc([N+](=O)[O-])cc1C(=O)NCC1(N2CCCCC2)CCOCC1. The molecule has 2 aliphatic rings. The van der Waals surface area contributed by atoms with Gasteiger partial charge in [0.25, 0.3) is 11.6 Å². The zero-order valence-electron chi connectivity index (χ0n) is 16.8. The molecule has 0 radical (unpaired) electrons. The Morgan fingerprint density at radius 1 is 1.25 bits per heavy atom. The van der Waals surface area contributed by atoms with Crippen molar-refractivity contribution in [1.82, 2.24) is 10.2 Å². The Bertz CT molecular complexity index is 710. The first-order valence-corrected chi connectivity index (χ1v) is 10.00. The van der Waals surface area contributed by atoms with Gasteiger partial charge in [-0.25, -0.2) is 0 Å². The first kappa shape index (κ1) is 20.5. The lowest BCUT2D eigenvalue weighted by atomic mass is 9.86. The van der Waals surface area contributed by atoms with Gasteiger partial charge in [-0.15, -0.1) is 0 Å². The molecule has 3 rings (SSSR count). The summed E-state index contributed by atoms with van der Waals surface area (Å²) in [5.41, 5.74) is 0.836. The third-order valence-electron chi connectivity index (χ3n) is 5.95. The molecule has 1 aromatic carbocycles. The van der Waals surface area contributed by atoms with Gasteiger partial charge in [-0.1, -0.05) is 6.42 Å². The predicted octanol–water partition coefficient (Wildman–Crippen LogP) is 2.43. The zero-order valence-corrected chi connectivity index (χ0v) is 16.8. The molecule has 1 amide bonds. The minimum Gasteiger partial charge on any atom is -0.381 e. The third kappa shape index (κ3) is 4.44. The number of nitro groups is 1. The Morgan fingerprint density at radius 2 is 1.93 bits per heavy atom. The number of likely N-dealkylation sites (tertiary alicyclic amines) is 1. The van der Waals surface area contributed by atoms with E-state index in [1.54, 1.807) is 11.0 Å². The Balaban J connectivity index is 1.79. The summed E-state index contributed by atoms with van der Waals surface area (Å²) >= 11 is 0. The smallest absolute Gasteiger partial charge is 0.270 e. The third-order valence-corrected chi connectivity index (χ3v) is 5.95. The molecule has 2 aliphatic heterocycles. The Labute approximate surface area is 166 Å². The number of carbonyl (C=O) groups is 1. The van der Waals surface area contributed by atoms with E-state index in [1.165, 1.54) is 31.4 Å². The second-order valence-electron chi connectivity index (χ2n) is 7.92. The van der Waals surface area contributed by atoms with Gasteiger partial charge >= 0.3 is 0 Å². The summed E-state index contributed by atoms with van der Waals surface area (Å²) < 4.78 is 5.58. The van der Waals surface area contributed by atoms with Crippen molar-refractivity contribution < 1.29 is 14.5 Å². The summed E-state index contributed by atoms with van der Waals surface area (Å²) in [6, 6.07) is 4.42. The highest BCUT2D eigenvalue weighted by molar-refractivity contribution is 6.00. The first-order chi connectivity index (χ1) is 13.4. The normalized spacial score (nSPS) is 19.8. The number of hydrogen-bond acceptors (Lipinski definition) is 6. The molecule has 2 fully saturated rings. The van der Waals surface area contributed by atoms with E-state index in [4.69, 9.17) is 4.74 Å². The lowest BCUT2D eigenvalue weighted by Gasteiger charge is -2.48. The summed E-state index contributed by atoms with van der Waals surface area (Å²) in [4.78, 5) is 28.0. The fraction of sp³-hybridized carbons (Fsp3) is 0.650. The fourth-order valence-corrected chi connectivity index (χ4v) is 4.27. The molecule has 0 spiro atoms. The standard InChI is InChI=1S/C20H30N4O4/c1-22(2)18-7-6-16(24(26)27)14-17(18)19(25)21-15-20(8-12-28-13-9-20)23-10-4-3-5-11-23/h6-7,14H,3-5,8-13,15H2,1-2H3,(H,21,25). The number of ether oxygens (including phenoxy) is 1. The van der Waals surface area contributed by atoms with Crippen molar-refractivity contribution in [2.45, 2.75) is 37.6 Å². The molecule has 0 bridgehead atoms. The van der Waals surface area contributed by atoms with E-state index >= 15 is 0 Å². The highest BCUT2D eigenvalue weighted by Crippen LogP contribution is 2.31. The van der Waals surface area contributed by atoms with Crippen LogP contribution in [0.25, 0.3) is 0 Å². The number of benzene rings is 1. The van der Waals surface area contributed by atoms with Crippen molar-refractivity contribution in [3.05, 3.63) is 33.9 Å². The van der Waals surface area contributed by atoms with Gasteiger partial charge in [-0.2, -0.15) is 0 Å². The van der Waals surface area contributed by atoms with E-state index < -0.39 is 4.92 Å². The number of piperidine rings is 1. The minimum atomic E-state index is -0.468. The van der Waals surface area contributed by atoms with Crippen molar-refractivity contribution in [2.24, 2.45) is 0 Å². The first-order valence-electron chi connectivity index (χ1n) is 10.00. The number of hydrogen-bond donors (Lipinski definition) is 1. The van der Waals surface area contributed by atoms with Gasteiger partial charge in [-0.05, 0) is 44.8 Å². The second kappa shape index (κ2) is 8.87. The van der Waals surface area contributed by atoms with E-state index in [0.29, 0.717) is 31.0 Å². The van der Waals surface area contributed by atoms with Gasteiger partial charge in [0.15, 0.2) is 0 Å². The molecule has 0 aromatic heterocycles. The molecular weight excluding hydrogens is 360 g/mol. The fourth-order valence-electron chi connectivity index (χ4n) is 4.27. The molecule has 2 saturated heterocycles. The van der Waals surface area contributed by atoms with Gasteiger partial charge in [-0.3, -0.25) is 19.8 Å². The average molecular weight is 390 g/mol. The van der Waals surface area contributed by atoms with E-state index in [1.807, 2.05) is 14.1 Å². The number of nitrogens with one attached hydrogen (secondary N) is 1. The zero-order chi connectivity index (χ0) is 20.1. The van der Waals surface area contributed by atoms with Gasteiger partial charge < -0.3 is 15.0 Å². The van der Waals surface area contributed by atoms with Crippen molar-refractivity contribution in [2.75, 3.05) is 51.8 Å². The monoisotopic (exact) mass is 390 g/mol. The largest absolute Gasteiger partial charge is 0.381 e. The molecule has 0 saturated carbocycles. The molecule has 0 unspecified atom stereocenters. The molecule has 8 nitrogen and oxygen atoms in total. The van der Waals surface area contributed by atoms with Crippen molar-refractivity contribution in [3.63, 3.8) is 0 Å². The molecule has 8 heteroatoms. The number of non-ortho nitro benzene ring substituents is 1. The number of amides is 1. The van der Waals surface area contributed by atoms with Crippen LogP contribution in [0.1, 0.15) is 42.5 Å². The van der Waals surface area contributed by atoms with E-state index in [2.05, 4.69) is 10.2 Å². The lowest BCUT2D eigenvalue weighted by Crippen LogP contribution is -2.59. The van der Waals surface area contributed by atoms with Crippen LogP contribution in [0.15, 0.2) is 18.2 Å². The number of nitrogens with zero attached hydrogens (tertiary/aromatic N) is 3. The van der Waals surface area contributed by atoms with Crippen LogP contribution in [0.2, 0.25) is 0 Å². The predicted molar refractivity (Wildman–Crippen MR) is 108 cm³/mol. The van der Waals surface area contributed by atoms with Crippen molar-refractivity contribution in [1.29, 1.82) is 0 Å². The highest BCUT2D eigenvalue weighted by atomic mass is 16.6. The number of rotatable bonds is 6. The van der Waals surface area contributed by atoms with E-state index in [0.717, 1.165) is 25.9 Å². The number of nitro benzene ring substituents is 1. The van der Waals surface area contributed by atoms with Gasteiger partial charge in [0.2, 0.25) is 0 Å². The van der Waals surface area contributed by atoms with Crippen LogP contribution in [-0.2, 0) is 4.74 Å². The van der Waals surface area contributed by atoms with Gasteiger partial charge in [0.1, 0.15) is 0 Å². The number of carbonyl (C=O) groups excluding carboxylic acids is 1. The van der Waals surface area contributed by atoms with Gasteiger partial charge in [0.05, 0.1) is 10.5 Å². The Hall–Kier alpha value is -2.19. The Kier molecular flexibility index (Phi) is 6.51. The molecular formula is C20H30N4O4. The summed E-state index contributed by atoms with van der Waals surface area (Å²) in [5.74, 6) is -0.268. The molecule has 1 N–H and O–H groups in total. The maximum absolute atomic E-state index is 13.0. The molecule has 0 atom stereocenters. The molecule has 28 heavy (non-hydrogen) atoms. The van der Waals surface area contributed by atoms with Crippen molar-refractivity contribution in [3.8, 4) is 0 Å². The average Bonchev–Trinajstić information content (AvgIpc) is 2.72. The molecule has 1 aromatic rings. The number of anilines is 1. The highest BCUT2D eigenvalue weighted by Gasteiger charge is 2.39. The van der Waals surface area contributed by atoms with Crippen LogP contribution < -0.4 is 10.2 Å². The summed E-state index contributed by atoms with van der Waals surface area (Å²) in [5, 5.41) is 14.2. The van der Waals surface area contributed by atoms with Crippen molar-refractivity contribution >= 4 is 17.3 Å². The molecule has 0 aliphatic carbocycles. The van der Waals surface area contributed by atoms with Crippen LogP contribution in [0.4, 0.5) is 11.4 Å². The quantitative estimate of drug-likeness (QED) is 0.593. The summed E-state index contributed by atoms with van der Waals surface area (Å²) in [7, 11) is 3.65. The minimum absolute atomic E-state index is 0.0763. The second-order valence-corrected chi connectivity index (χ2v) is 7.92. The van der Waals surface area contributed by atoms with E-state index in [9.17, 15) is 14.9 Å². The van der Waals surface area contributed by atoms with Crippen LogP contribution in [0.3, 0.4) is 0 Å².